The number of nitrogens with zero attached hydrogens (tertiary/aromatic N) is 2. The van der Waals surface area contributed by atoms with Crippen LogP contribution < -0.4 is 0 Å². The van der Waals surface area contributed by atoms with Gasteiger partial charge >= 0.3 is 0 Å². The summed E-state index contributed by atoms with van der Waals surface area (Å²) in [6.45, 7) is 2.14. The van der Waals surface area contributed by atoms with Gasteiger partial charge in [0.15, 0.2) is 0 Å². The third-order valence-electron chi connectivity index (χ3n) is 7.21. The summed E-state index contributed by atoms with van der Waals surface area (Å²) in [5.41, 5.74) is 7.45. The van der Waals surface area contributed by atoms with Crippen molar-refractivity contribution in [2.75, 3.05) is 6.54 Å². The molecule has 0 spiro atoms. The second-order valence-corrected chi connectivity index (χ2v) is 8.87. The molecule has 0 aliphatic carbocycles. The number of hydrogen-bond donors (Lipinski definition) is 0. The van der Waals surface area contributed by atoms with E-state index in [0.29, 0.717) is 12.1 Å². The Labute approximate surface area is 178 Å². The van der Waals surface area contributed by atoms with Crippen molar-refractivity contribution < 1.29 is 0 Å². The van der Waals surface area contributed by atoms with Crippen molar-refractivity contribution in [1.29, 1.82) is 0 Å². The van der Waals surface area contributed by atoms with E-state index in [2.05, 4.69) is 94.4 Å². The standard InChI is InChI=1S/C28H28N2/c1-3-9-21(10-4-1)17-18-29-23-15-16-26(29)28-24-13-7-8-14-25(24)30(27(28)19-23)20-22-11-5-2-6-12-22/h1-14,23,26H,15-20H2/t23-,26+/m0/s1. The van der Waals surface area contributed by atoms with Gasteiger partial charge in [0, 0.05) is 48.2 Å². The van der Waals surface area contributed by atoms with E-state index in [9.17, 15) is 0 Å². The van der Waals surface area contributed by atoms with Crippen molar-refractivity contribution in [1.82, 2.24) is 9.47 Å². The second kappa shape index (κ2) is 7.45. The Bertz CT molecular complexity index is 1160. The van der Waals surface area contributed by atoms with Crippen LogP contribution in [0.4, 0.5) is 0 Å². The van der Waals surface area contributed by atoms with Gasteiger partial charge in [-0.25, -0.2) is 0 Å². The highest BCUT2D eigenvalue weighted by molar-refractivity contribution is 5.86. The van der Waals surface area contributed by atoms with Gasteiger partial charge < -0.3 is 4.57 Å². The SMILES string of the molecule is c1ccc(CCN2[C@H]3CC[C@@H]2c2c(n(Cc4ccccc4)c4ccccc24)C3)cc1. The Hall–Kier alpha value is -2.84. The third kappa shape index (κ3) is 2.98. The van der Waals surface area contributed by atoms with Gasteiger partial charge in [0.2, 0.25) is 0 Å². The molecule has 2 nitrogen and oxygen atoms in total. The minimum absolute atomic E-state index is 0.574. The van der Waals surface area contributed by atoms with E-state index >= 15 is 0 Å². The van der Waals surface area contributed by atoms with Crippen molar-refractivity contribution in [3.05, 3.63) is 107 Å². The van der Waals surface area contributed by atoms with Crippen molar-refractivity contribution in [2.45, 2.75) is 44.3 Å². The average Bonchev–Trinajstić information content (AvgIpc) is 3.26. The maximum absolute atomic E-state index is 2.81. The lowest BCUT2D eigenvalue weighted by atomic mass is 9.96. The molecule has 2 aliphatic heterocycles. The van der Waals surface area contributed by atoms with E-state index in [-0.39, 0.29) is 0 Å². The molecule has 0 N–H and O–H groups in total. The number of fused-ring (bicyclic) bond motifs is 6. The van der Waals surface area contributed by atoms with E-state index in [4.69, 9.17) is 0 Å². The summed E-state index contributed by atoms with van der Waals surface area (Å²) in [4.78, 5) is 2.81. The molecule has 150 valence electrons. The number of rotatable bonds is 5. The third-order valence-corrected chi connectivity index (χ3v) is 7.21. The number of para-hydroxylation sites is 1. The van der Waals surface area contributed by atoms with E-state index in [1.54, 1.807) is 11.3 Å². The Morgan fingerprint density at radius 3 is 2.23 bits per heavy atom. The first-order valence-corrected chi connectivity index (χ1v) is 11.3. The van der Waals surface area contributed by atoms with Crippen molar-refractivity contribution >= 4 is 10.9 Å². The first-order chi connectivity index (χ1) is 14.9. The maximum Gasteiger partial charge on any atom is 0.0489 e. The summed E-state index contributed by atoms with van der Waals surface area (Å²) in [6.07, 6.45) is 4.95. The average molecular weight is 393 g/mol. The smallest absolute Gasteiger partial charge is 0.0489 e. The summed E-state index contributed by atoms with van der Waals surface area (Å²) in [7, 11) is 0. The molecule has 2 aliphatic rings. The zero-order chi connectivity index (χ0) is 19.9. The highest BCUT2D eigenvalue weighted by Crippen LogP contribution is 2.47. The van der Waals surface area contributed by atoms with Crippen molar-refractivity contribution in [3.63, 3.8) is 0 Å². The van der Waals surface area contributed by atoms with Gasteiger partial charge in [0.1, 0.15) is 0 Å². The first kappa shape index (κ1) is 18.0. The number of benzene rings is 3. The van der Waals surface area contributed by atoms with Crippen LogP contribution in [-0.2, 0) is 19.4 Å². The van der Waals surface area contributed by atoms with E-state index in [1.165, 1.54) is 41.3 Å². The summed E-state index contributed by atoms with van der Waals surface area (Å²) >= 11 is 0. The first-order valence-electron chi connectivity index (χ1n) is 11.3. The fourth-order valence-electron chi connectivity index (χ4n) is 5.85. The van der Waals surface area contributed by atoms with Crippen LogP contribution in [0.25, 0.3) is 10.9 Å². The molecule has 3 heterocycles. The molecule has 3 aromatic carbocycles. The second-order valence-electron chi connectivity index (χ2n) is 8.87. The fraction of sp³-hybridized carbons (Fsp3) is 0.286. The molecular formula is C28H28N2. The lowest BCUT2D eigenvalue weighted by Crippen LogP contribution is -2.39. The molecular weight excluding hydrogens is 364 g/mol. The lowest BCUT2D eigenvalue weighted by molar-refractivity contribution is 0.178. The molecule has 1 aromatic heterocycles. The zero-order valence-corrected chi connectivity index (χ0v) is 17.4. The van der Waals surface area contributed by atoms with Crippen LogP contribution in [0.5, 0.6) is 0 Å². The van der Waals surface area contributed by atoms with Crippen LogP contribution >= 0.6 is 0 Å². The van der Waals surface area contributed by atoms with Crippen LogP contribution in [0.2, 0.25) is 0 Å². The molecule has 2 heteroatoms. The predicted molar refractivity (Wildman–Crippen MR) is 124 cm³/mol. The Kier molecular flexibility index (Phi) is 4.46. The minimum Gasteiger partial charge on any atom is -0.340 e. The van der Waals surface area contributed by atoms with Gasteiger partial charge in [-0.05, 0) is 42.0 Å². The summed E-state index contributed by atoms with van der Waals surface area (Å²) in [6, 6.07) is 32.2. The molecule has 2 bridgehead atoms. The van der Waals surface area contributed by atoms with Gasteiger partial charge in [-0.2, -0.15) is 0 Å². The monoisotopic (exact) mass is 392 g/mol. The Morgan fingerprint density at radius 2 is 1.43 bits per heavy atom. The molecule has 30 heavy (non-hydrogen) atoms. The van der Waals surface area contributed by atoms with Gasteiger partial charge in [-0.1, -0.05) is 78.9 Å². The van der Waals surface area contributed by atoms with Gasteiger partial charge in [0.05, 0.1) is 0 Å². The minimum atomic E-state index is 0.574. The van der Waals surface area contributed by atoms with Crippen LogP contribution in [-0.4, -0.2) is 22.1 Å². The predicted octanol–water partition coefficient (Wildman–Crippen LogP) is 5.99. The highest BCUT2D eigenvalue weighted by atomic mass is 15.2. The largest absolute Gasteiger partial charge is 0.340 e. The Balaban J connectivity index is 1.38. The molecule has 0 amide bonds. The molecule has 1 fully saturated rings. The molecule has 0 radical (unpaired) electrons. The Morgan fingerprint density at radius 1 is 0.733 bits per heavy atom. The quantitative estimate of drug-likeness (QED) is 0.405. The fourth-order valence-corrected chi connectivity index (χ4v) is 5.85. The number of hydrogen-bond acceptors (Lipinski definition) is 1. The maximum atomic E-state index is 2.81. The summed E-state index contributed by atoms with van der Waals surface area (Å²) in [5, 5.41) is 1.47. The molecule has 0 unspecified atom stereocenters. The van der Waals surface area contributed by atoms with Crippen LogP contribution in [0.1, 0.15) is 41.3 Å². The molecule has 2 atom stereocenters. The van der Waals surface area contributed by atoms with Crippen LogP contribution in [0.15, 0.2) is 84.9 Å². The molecule has 0 saturated carbocycles. The van der Waals surface area contributed by atoms with E-state index in [1.807, 2.05) is 0 Å². The normalized spacial score (nSPS) is 20.5. The van der Waals surface area contributed by atoms with Crippen LogP contribution in [0.3, 0.4) is 0 Å². The van der Waals surface area contributed by atoms with Gasteiger partial charge in [-0.15, -0.1) is 0 Å². The molecule has 6 rings (SSSR count). The van der Waals surface area contributed by atoms with Gasteiger partial charge in [-0.3, -0.25) is 4.90 Å². The van der Waals surface area contributed by atoms with E-state index in [0.717, 1.165) is 19.5 Å². The lowest BCUT2D eigenvalue weighted by Gasteiger charge is -2.36. The van der Waals surface area contributed by atoms with E-state index < -0.39 is 0 Å². The summed E-state index contributed by atoms with van der Waals surface area (Å²) in [5.74, 6) is 0. The van der Waals surface area contributed by atoms with Crippen molar-refractivity contribution in [2.24, 2.45) is 0 Å². The number of aromatic nitrogens is 1. The molecule has 1 saturated heterocycles. The van der Waals surface area contributed by atoms with Crippen molar-refractivity contribution in [3.8, 4) is 0 Å². The zero-order valence-electron chi connectivity index (χ0n) is 17.4. The van der Waals surface area contributed by atoms with Crippen LogP contribution in [0, 0.1) is 0 Å². The van der Waals surface area contributed by atoms with Gasteiger partial charge in [0.25, 0.3) is 0 Å². The summed E-state index contributed by atoms with van der Waals surface area (Å²) < 4.78 is 2.61. The highest BCUT2D eigenvalue weighted by Gasteiger charge is 2.42. The molecule has 4 aromatic rings. The topological polar surface area (TPSA) is 8.17 Å².